The molecule has 2 aliphatic rings. The zero-order valence-electron chi connectivity index (χ0n) is 15.5. The monoisotopic (exact) mass is 421 g/mol. The summed E-state index contributed by atoms with van der Waals surface area (Å²) in [5.41, 5.74) is 0.730. The molecule has 0 radical (unpaired) electrons. The number of benzene rings is 2. The number of carbonyl (C=O) groups excluding carboxylic acids is 2. The van der Waals surface area contributed by atoms with Crippen LogP contribution in [0.2, 0.25) is 0 Å². The van der Waals surface area contributed by atoms with Crippen LogP contribution in [0.3, 0.4) is 0 Å². The molecule has 30 heavy (non-hydrogen) atoms. The summed E-state index contributed by atoms with van der Waals surface area (Å²) in [4.78, 5) is 45.0. The van der Waals surface area contributed by atoms with E-state index in [0.717, 1.165) is 15.5 Å². The SMILES string of the molecule is O=C1[C@H]2[C@@H](ON(c3ccccc3)[C@H]2c2cccs2)C(=O)N1c1cccc([N+](=O)[O-])c1. The number of rotatable bonds is 4. The summed E-state index contributed by atoms with van der Waals surface area (Å²) in [6.07, 6.45) is -0.996. The molecule has 2 amide bonds. The van der Waals surface area contributed by atoms with E-state index in [0.29, 0.717) is 0 Å². The third-order valence-electron chi connectivity index (χ3n) is 5.26. The van der Waals surface area contributed by atoms with Crippen LogP contribution in [-0.2, 0) is 14.4 Å². The first-order valence-corrected chi connectivity index (χ1v) is 10.1. The zero-order valence-corrected chi connectivity index (χ0v) is 16.3. The number of hydrogen-bond donors (Lipinski definition) is 0. The molecule has 8 nitrogen and oxygen atoms in total. The number of fused-ring (bicyclic) bond motifs is 1. The van der Waals surface area contributed by atoms with Crippen LogP contribution >= 0.6 is 11.3 Å². The summed E-state index contributed by atoms with van der Waals surface area (Å²) < 4.78 is 0. The van der Waals surface area contributed by atoms with Gasteiger partial charge in [-0.05, 0) is 29.6 Å². The van der Waals surface area contributed by atoms with Gasteiger partial charge in [0.2, 0.25) is 5.91 Å². The van der Waals surface area contributed by atoms with Gasteiger partial charge in [0.1, 0.15) is 12.0 Å². The molecule has 2 fully saturated rings. The number of anilines is 2. The van der Waals surface area contributed by atoms with E-state index in [2.05, 4.69) is 0 Å². The Morgan fingerprint density at radius 1 is 0.933 bits per heavy atom. The van der Waals surface area contributed by atoms with Crippen LogP contribution in [0.4, 0.5) is 17.1 Å². The lowest BCUT2D eigenvalue weighted by molar-refractivity contribution is -0.384. The van der Waals surface area contributed by atoms with Gasteiger partial charge < -0.3 is 0 Å². The largest absolute Gasteiger partial charge is 0.273 e. The molecule has 0 saturated carbocycles. The van der Waals surface area contributed by atoms with Gasteiger partial charge in [0, 0.05) is 17.0 Å². The van der Waals surface area contributed by atoms with Crippen molar-refractivity contribution in [2.45, 2.75) is 12.1 Å². The number of imide groups is 1. The molecule has 0 bridgehead atoms. The number of amides is 2. The number of nitrogens with zero attached hydrogens (tertiary/aromatic N) is 3. The molecule has 3 atom stereocenters. The van der Waals surface area contributed by atoms with E-state index in [4.69, 9.17) is 4.84 Å². The van der Waals surface area contributed by atoms with Crippen molar-refractivity contribution in [3.63, 3.8) is 0 Å². The topological polar surface area (TPSA) is 93.0 Å². The van der Waals surface area contributed by atoms with Crippen molar-refractivity contribution in [1.29, 1.82) is 0 Å². The summed E-state index contributed by atoms with van der Waals surface area (Å²) in [7, 11) is 0. The van der Waals surface area contributed by atoms with Gasteiger partial charge in [-0.15, -0.1) is 11.3 Å². The Bertz CT molecular complexity index is 1130. The molecule has 1 aromatic heterocycles. The molecule has 5 rings (SSSR count). The van der Waals surface area contributed by atoms with Crippen molar-refractivity contribution in [2.75, 3.05) is 9.96 Å². The summed E-state index contributed by atoms with van der Waals surface area (Å²) in [5.74, 6) is -1.71. The van der Waals surface area contributed by atoms with Crippen molar-refractivity contribution in [1.82, 2.24) is 0 Å². The molecule has 0 spiro atoms. The van der Waals surface area contributed by atoms with Crippen LogP contribution in [0.1, 0.15) is 10.9 Å². The van der Waals surface area contributed by atoms with Crippen LogP contribution < -0.4 is 9.96 Å². The van der Waals surface area contributed by atoms with E-state index < -0.39 is 34.8 Å². The van der Waals surface area contributed by atoms with Gasteiger partial charge in [-0.1, -0.05) is 30.3 Å². The van der Waals surface area contributed by atoms with Crippen LogP contribution in [0, 0.1) is 16.0 Å². The second-order valence-corrected chi connectivity index (χ2v) is 7.94. The highest BCUT2D eigenvalue weighted by atomic mass is 32.1. The molecular formula is C21H15N3O5S. The van der Waals surface area contributed by atoms with Gasteiger partial charge in [0.15, 0.2) is 6.10 Å². The normalized spacial score (nSPS) is 23.1. The lowest BCUT2D eigenvalue weighted by Crippen LogP contribution is -2.37. The molecule has 150 valence electrons. The van der Waals surface area contributed by atoms with Gasteiger partial charge in [0.05, 0.1) is 16.3 Å². The van der Waals surface area contributed by atoms with Crippen molar-refractivity contribution in [3.8, 4) is 0 Å². The quantitative estimate of drug-likeness (QED) is 0.362. The van der Waals surface area contributed by atoms with Crippen molar-refractivity contribution in [2.24, 2.45) is 5.92 Å². The summed E-state index contributed by atoms with van der Waals surface area (Å²) >= 11 is 1.48. The van der Waals surface area contributed by atoms with Crippen molar-refractivity contribution >= 4 is 40.2 Å². The van der Waals surface area contributed by atoms with Crippen LogP contribution in [0.25, 0.3) is 0 Å². The molecule has 0 unspecified atom stereocenters. The number of carbonyl (C=O) groups is 2. The molecule has 2 aliphatic heterocycles. The summed E-state index contributed by atoms with van der Waals surface area (Å²) in [6.45, 7) is 0. The highest BCUT2D eigenvalue weighted by Crippen LogP contribution is 2.48. The molecule has 3 aromatic rings. The second kappa shape index (κ2) is 7.05. The fraction of sp³-hybridized carbons (Fsp3) is 0.143. The molecule has 0 aliphatic carbocycles. The Kier molecular flexibility index (Phi) is 4.34. The van der Waals surface area contributed by atoms with Gasteiger partial charge in [-0.3, -0.25) is 24.5 Å². The van der Waals surface area contributed by atoms with E-state index in [1.54, 1.807) is 5.06 Å². The Morgan fingerprint density at radius 3 is 2.40 bits per heavy atom. The minimum atomic E-state index is -0.996. The smallest absolute Gasteiger partial charge is 0.271 e. The van der Waals surface area contributed by atoms with Gasteiger partial charge >= 0.3 is 0 Å². The van der Waals surface area contributed by atoms with Crippen LogP contribution in [0.5, 0.6) is 0 Å². The lowest BCUT2D eigenvalue weighted by atomic mass is 9.95. The zero-order chi connectivity index (χ0) is 20.8. The van der Waals surface area contributed by atoms with Crippen LogP contribution in [-0.4, -0.2) is 22.8 Å². The lowest BCUT2D eigenvalue weighted by Gasteiger charge is -2.27. The Morgan fingerprint density at radius 2 is 1.70 bits per heavy atom. The first kappa shape index (κ1) is 18.5. The fourth-order valence-electron chi connectivity index (χ4n) is 3.96. The van der Waals surface area contributed by atoms with E-state index >= 15 is 0 Å². The van der Waals surface area contributed by atoms with Crippen molar-refractivity contribution in [3.05, 3.63) is 87.1 Å². The minimum absolute atomic E-state index is 0.174. The van der Waals surface area contributed by atoms with Gasteiger partial charge in [-0.25, -0.2) is 9.96 Å². The molecule has 9 heteroatoms. The molecule has 3 heterocycles. The molecular weight excluding hydrogens is 406 g/mol. The number of hydroxylamine groups is 1. The Balaban J connectivity index is 1.56. The maximum absolute atomic E-state index is 13.4. The maximum atomic E-state index is 13.4. The number of nitro benzene ring substituents is 1. The third kappa shape index (κ3) is 2.78. The van der Waals surface area contributed by atoms with Crippen molar-refractivity contribution < 1.29 is 19.3 Å². The van der Waals surface area contributed by atoms with E-state index in [1.807, 2.05) is 47.8 Å². The van der Waals surface area contributed by atoms with E-state index in [-0.39, 0.29) is 11.4 Å². The summed E-state index contributed by atoms with van der Waals surface area (Å²) in [5, 5.41) is 14.7. The Hall–Kier alpha value is -3.56. The second-order valence-electron chi connectivity index (χ2n) is 6.96. The Labute approximate surface area is 175 Å². The number of hydrogen-bond acceptors (Lipinski definition) is 7. The number of nitro groups is 1. The molecule has 2 saturated heterocycles. The van der Waals surface area contributed by atoms with E-state index in [1.165, 1.54) is 35.6 Å². The number of thiophene rings is 1. The standard InChI is InChI=1S/C21H15N3O5S/c25-20-17-18(16-10-5-11-30-16)23(13-6-2-1-3-7-13)29-19(17)21(26)22(20)14-8-4-9-15(12-14)24(27)28/h1-12,17-19H/t17-,18+,19-/m1/s1. The summed E-state index contributed by atoms with van der Waals surface area (Å²) in [6, 6.07) is 18.1. The first-order valence-electron chi connectivity index (χ1n) is 9.23. The fourth-order valence-corrected chi connectivity index (χ4v) is 4.81. The average molecular weight is 421 g/mol. The number of non-ortho nitro benzene ring substituents is 1. The first-order chi connectivity index (χ1) is 14.6. The van der Waals surface area contributed by atoms with E-state index in [9.17, 15) is 19.7 Å². The maximum Gasteiger partial charge on any atom is 0.271 e. The highest BCUT2D eigenvalue weighted by molar-refractivity contribution is 7.10. The minimum Gasteiger partial charge on any atom is -0.273 e. The predicted molar refractivity (Wildman–Crippen MR) is 110 cm³/mol. The van der Waals surface area contributed by atoms with Gasteiger partial charge in [0.25, 0.3) is 11.6 Å². The predicted octanol–water partition coefficient (Wildman–Crippen LogP) is 3.71. The molecule has 0 N–H and O–H groups in total. The highest BCUT2D eigenvalue weighted by Gasteiger charge is 2.60. The van der Waals surface area contributed by atoms with Gasteiger partial charge in [-0.2, -0.15) is 0 Å². The molecule has 2 aromatic carbocycles. The third-order valence-corrected chi connectivity index (χ3v) is 6.20. The van der Waals surface area contributed by atoms with Crippen LogP contribution in [0.15, 0.2) is 72.1 Å². The number of para-hydroxylation sites is 1. The average Bonchev–Trinajstić information content (AvgIpc) is 3.46.